The third-order valence-corrected chi connectivity index (χ3v) is 3.01. The summed E-state index contributed by atoms with van der Waals surface area (Å²) in [5.74, 6) is 1.76. The smallest absolute Gasteiger partial charge is 0.242 e. The Kier molecular flexibility index (Phi) is 5.37. The molecule has 0 aliphatic carbocycles. The van der Waals surface area contributed by atoms with Crippen LogP contribution in [0.1, 0.15) is 24.7 Å². The molecule has 5 nitrogen and oxygen atoms in total. The highest BCUT2D eigenvalue weighted by molar-refractivity contribution is 5.66. The van der Waals surface area contributed by atoms with Crippen molar-refractivity contribution in [3.63, 3.8) is 0 Å². The minimum atomic E-state index is 0.464. The molecule has 5 heteroatoms. The molecule has 21 heavy (non-hydrogen) atoms. The number of hydrogen-bond donors (Lipinski definition) is 2. The summed E-state index contributed by atoms with van der Waals surface area (Å²) in [5, 5.41) is 3.26. The molecule has 1 aromatic carbocycles. The number of ether oxygens (including phenoxy) is 1. The number of hydrogen-bond acceptors (Lipinski definition) is 5. The van der Waals surface area contributed by atoms with Gasteiger partial charge in [0, 0.05) is 6.54 Å². The SMILES string of the molecule is CCCOc1nc(C)nc(NCCc2ccccc2)c1N. The lowest BCUT2D eigenvalue weighted by Crippen LogP contribution is -2.12. The Labute approximate surface area is 125 Å². The van der Waals surface area contributed by atoms with Crippen LogP contribution in [-0.4, -0.2) is 23.1 Å². The Morgan fingerprint density at radius 2 is 1.95 bits per heavy atom. The van der Waals surface area contributed by atoms with E-state index in [4.69, 9.17) is 10.5 Å². The molecular formula is C16H22N4O. The zero-order valence-corrected chi connectivity index (χ0v) is 12.6. The third kappa shape index (κ3) is 4.34. The zero-order chi connectivity index (χ0) is 15.1. The van der Waals surface area contributed by atoms with Crippen molar-refractivity contribution in [2.75, 3.05) is 24.2 Å². The van der Waals surface area contributed by atoms with Crippen LogP contribution >= 0.6 is 0 Å². The van der Waals surface area contributed by atoms with Crippen LogP contribution in [-0.2, 0) is 6.42 Å². The normalized spacial score (nSPS) is 10.4. The van der Waals surface area contributed by atoms with Gasteiger partial charge in [0.05, 0.1) is 6.61 Å². The number of nitrogens with one attached hydrogen (secondary N) is 1. The molecule has 0 amide bonds. The van der Waals surface area contributed by atoms with E-state index in [1.807, 2.05) is 32.0 Å². The van der Waals surface area contributed by atoms with Gasteiger partial charge in [0.2, 0.25) is 5.88 Å². The maximum atomic E-state index is 6.06. The second kappa shape index (κ2) is 7.47. The van der Waals surface area contributed by atoms with Gasteiger partial charge >= 0.3 is 0 Å². The molecule has 0 saturated heterocycles. The van der Waals surface area contributed by atoms with E-state index in [0.29, 0.717) is 29.8 Å². The summed E-state index contributed by atoms with van der Waals surface area (Å²) in [5.41, 5.74) is 7.81. The van der Waals surface area contributed by atoms with E-state index in [1.54, 1.807) is 0 Å². The van der Waals surface area contributed by atoms with Crippen molar-refractivity contribution in [3.8, 4) is 5.88 Å². The fourth-order valence-electron chi connectivity index (χ4n) is 1.97. The van der Waals surface area contributed by atoms with Gasteiger partial charge in [-0.15, -0.1) is 0 Å². The number of aromatic nitrogens is 2. The maximum Gasteiger partial charge on any atom is 0.242 e. The molecular weight excluding hydrogens is 264 g/mol. The van der Waals surface area contributed by atoms with Gasteiger partial charge < -0.3 is 15.8 Å². The first-order valence-corrected chi connectivity index (χ1v) is 7.25. The summed E-state index contributed by atoms with van der Waals surface area (Å²) >= 11 is 0. The number of anilines is 2. The molecule has 0 saturated carbocycles. The molecule has 1 aromatic heterocycles. The van der Waals surface area contributed by atoms with Crippen LogP contribution in [0.2, 0.25) is 0 Å². The second-order valence-electron chi connectivity index (χ2n) is 4.85. The van der Waals surface area contributed by atoms with Gasteiger partial charge in [-0.25, -0.2) is 4.98 Å². The van der Waals surface area contributed by atoms with Crippen LogP contribution in [0.5, 0.6) is 5.88 Å². The third-order valence-electron chi connectivity index (χ3n) is 3.01. The molecule has 0 aliphatic rings. The molecule has 0 fully saturated rings. The van der Waals surface area contributed by atoms with Crippen molar-refractivity contribution >= 4 is 11.5 Å². The van der Waals surface area contributed by atoms with E-state index < -0.39 is 0 Å². The fraction of sp³-hybridized carbons (Fsp3) is 0.375. The predicted molar refractivity (Wildman–Crippen MR) is 85.6 cm³/mol. The summed E-state index contributed by atoms with van der Waals surface area (Å²) in [7, 11) is 0. The highest BCUT2D eigenvalue weighted by Gasteiger charge is 2.10. The number of aryl methyl sites for hydroxylation is 1. The second-order valence-corrected chi connectivity index (χ2v) is 4.85. The summed E-state index contributed by atoms with van der Waals surface area (Å²) in [6.45, 7) is 5.24. The van der Waals surface area contributed by atoms with Gasteiger partial charge in [-0.3, -0.25) is 0 Å². The van der Waals surface area contributed by atoms with E-state index in [1.165, 1.54) is 5.56 Å². The molecule has 0 aliphatic heterocycles. The molecule has 0 atom stereocenters. The van der Waals surface area contributed by atoms with Crippen molar-refractivity contribution in [1.29, 1.82) is 0 Å². The fourth-order valence-corrected chi connectivity index (χ4v) is 1.97. The molecule has 112 valence electrons. The standard InChI is InChI=1S/C16H22N4O/c1-3-11-21-16-14(17)15(19-12(2)20-16)18-10-9-13-7-5-4-6-8-13/h4-8H,3,9-11,17H2,1-2H3,(H,18,19,20). The van der Waals surface area contributed by atoms with Crippen LogP contribution in [0.15, 0.2) is 30.3 Å². The lowest BCUT2D eigenvalue weighted by Gasteiger charge is -2.13. The van der Waals surface area contributed by atoms with Crippen LogP contribution < -0.4 is 15.8 Å². The molecule has 2 aromatic rings. The highest BCUT2D eigenvalue weighted by Crippen LogP contribution is 2.26. The van der Waals surface area contributed by atoms with Crippen LogP contribution in [0.4, 0.5) is 11.5 Å². The van der Waals surface area contributed by atoms with E-state index in [9.17, 15) is 0 Å². The Hall–Kier alpha value is -2.30. The van der Waals surface area contributed by atoms with Gasteiger partial charge in [-0.2, -0.15) is 4.98 Å². The van der Waals surface area contributed by atoms with Crippen LogP contribution in [0.3, 0.4) is 0 Å². The number of nitrogen functional groups attached to an aromatic ring is 1. The Balaban J connectivity index is 2.00. The average Bonchev–Trinajstić information content (AvgIpc) is 2.50. The van der Waals surface area contributed by atoms with Gasteiger partial charge in [-0.05, 0) is 25.3 Å². The minimum Gasteiger partial charge on any atom is -0.476 e. The highest BCUT2D eigenvalue weighted by atomic mass is 16.5. The quantitative estimate of drug-likeness (QED) is 0.818. The largest absolute Gasteiger partial charge is 0.476 e. The van der Waals surface area contributed by atoms with E-state index in [0.717, 1.165) is 19.4 Å². The van der Waals surface area contributed by atoms with Crippen molar-refractivity contribution in [3.05, 3.63) is 41.7 Å². The monoisotopic (exact) mass is 286 g/mol. The Bertz CT molecular complexity index is 572. The van der Waals surface area contributed by atoms with Gasteiger partial charge in [-0.1, -0.05) is 37.3 Å². The molecule has 0 unspecified atom stereocenters. The van der Waals surface area contributed by atoms with Crippen molar-refractivity contribution in [2.45, 2.75) is 26.7 Å². The Morgan fingerprint density at radius 3 is 2.67 bits per heavy atom. The summed E-state index contributed by atoms with van der Waals surface area (Å²) in [6.07, 6.45) is 1.83. The van der Waals surface area contributed by atoms with Gasteiger partial charge in [0.1, 0.15) is 11.5 Å². The lowest BCUT2D eigenvalue weighted by molar-refractivity contribution is 0.306. The number of nitrogens with zero attached hydrogens (tertiary/aromatic N) is 2. The number of nitrogens with two attached hydrogens (primary N) is 1. The van der Waals surface area contributed by atoms with Gasteiger partial charge in [0.15, 0.2) is 5.82 Å². The first kappa shape index (κ1) is 15.1. The average molecular weight is 286 g/mol. The van der Waals surface area contributed by atoms with E-state index >= 15 is 0 Å². The molecule has 1 heterocycles. The topological polar surface area (TPSA) is 73.1 Å². The first-order chi connectivity index (χ1) is 10.2. The molecule has 0 radical (unpaired) electrons. The molecule has 2 rings (SSSR count). The molecule has 0 bridgehead atoms. The predicted octanol–water partition coefficient (Wildman–Crippen LogP) is 2.81. The minimum absolute atomic E-state index is 0.464. The molecule has 3 N–H and O–H groups in total. The van der Waals surface area contributed by atoms with Crippen molar-refractivity contribution in [1.82, 2.24) is 9.97 Å². The molecule has 0 spiro atoms. The maximum absolute atomic E-state index is 6.06. The lowest BCUT2D eigenvalue weighted by atomic mass is 10.1. The van der Waals surface area contributed by atoms with Crippen LogP contribution in [0.25, 0.3) is 0 Å². The first-order valence-electron chi connectivity index (χ1n) is 7.25. The van der Waals surface area contributed by atoms with Gasteiger partial charge in [0.25, 0.3) is 0 Å². The van der Waals surface area contributed by atoms with Crippen molar-refractivity contribution in [2.24, 2.45) is 0 Å². The summed E-state index contributed by atoms with van der Waals surface area (Å²) < 4.78 is 5.56. The summed E-state index contributed by atoms with van der Waals surface area (Å²) in [6, 6.07) is 10.3. The Morgan fingerprint density at radius 1 is 1.19 bits per heavy atom. The van der Waals surface area contributed by atoms with E-state index in [2.05, 4.69) is 27.4 Å². The zero-order valence-electron chi connectivity index (χ0n) is 12.6. The van der Waals surface area contributed by atoms with E-state index in [-0.39, 0.29) is 0 Å². The van der Waals surface area contributed by atoms with Crippen molar-refractivity contribution < 1.29 is 4.74 Å². The number of rotatable bonds is 7. The number of benzene rings is 1. The van der Waals surface area contributed by atoms with Crippen LogP contribution in [0, 0.1) is 6.92 Å². The summed E-state index contributed by atoms with van der Waals surface area (Å²) in [4.78, 5) is 8.58.